The van der Waals surface area contributed by atoms with Crippen LogP contribution in [-0.4, -0.2) is 33.4 Å². The minimum Gasteiger partial charge on any atom is -0.676 e. The van der Waals surface area contributed by atoms with E-state index in [1.807, 2.05) is 0 Å². The summed E-state index contributed by atoms with van der Waals surface area (Å²) in [6.45, 7) is 0.687. The first-order valence-electron chi connectivity index (χ1n) is 5.00. The summed E-state index contributed by atoms with van der Waals surface area (Å²) in [5.41, 5.74) is 14.6. The van der Waals surface area contributed by atoms with Crippen molar-refractivity contribution in [3.05, 3.63) is 11.5 Å². The van der Waals surface area contributed by atoms with Crippen molar-refractivity contribution < 1.29 is 49.2 Å². The maximum absolute atomic E-state index is 10.1. The summed E-state index contributed by atoms with van der Waals surface area (Å²) in [5.74, 6) is 0. The molecule has 0 amide bonds. The number of rotatable bonds is 2. The second kappa shape index (κ2) is 13.1. The summed E-state index contributed by atoms with van der Waals surface area (Å²) in [5, 5.41) is 0. The fourth-order valence-electron chi connectivity index (χ4n) is 1.33. The standard InChI is InChI=1S/C6H12N2.CH6O6P2.Pt.2H2S/c7-5-3-1-2-4-6(5)8;1-8(2,3)7-9(4,5)6;;;/h5-8H,1-4H2;1H3,(H,2,3)(H2,4,5,6);;2*1H2/q-2;;+2;;/t5-,6-;;;;/m1..../s1. The second-order valence-electron chi connectivity index (χ2n) is 3.87. The minimum absolute atomic E-state index is 0. The van der Waals surface area contributed by atoms with Crippen molar-refractivity contribution in [1.82, 2.24) is 0 Å². The van der Waals surface area contributed by atoms with Crippen LogP contribution in [0.15, 0.2) is 0 Å². The first-order chi connectivity index (χ1) is 7.51. The fraction of sp³-hybridized carbons (Fsp3) is 1.00. The van der Waals surface area contributed by atoms with E-state index in [0.29, 0.717) is 6.66 Å². The molecule has 1 fully saturated rings. The van der Waals surface area contributed by atoms with Crippen molar-refractivity contribution in [1.29, 1.82) is 0 Å². The Labute approximate surface area is 147 Å². The average Bonchev–Trinajstić information content (AvgIpc) is 2.04. The third-order valence-electron chi connectivity index (χ3n) is 2.02. The molecular weight excluding hydrogens is 529 g/mol. The van der Waals surface area contributed by atoms with Gasteiger partial charge in [0.25, 0.3) is 0 Å². The van der Waals surface area contributed by atoms with Gasteiger partial charge in [-0.3, -0.25) is 4.57 Å². The van der Waals surface area contributed by atoms with Crippen molar-refractivity contribution in [2.24, 2.45) is 0 Å². The molecule has 0 heterocycles. The van der Waals surface area contributed by atoms with Gasteiger partial charge >= 0.3 is 36.5 Å². The van der Waals surface area contributed by atoms with Gasteiger partial charge in [0.1, 0.15) is 0 Å². The maximum atomic E-state index is 10.1. The number of phosphoric acid groups is 1. The molecule has 0 aromatic carbocycles. The molecule has 8 nitrogen and oxygen atoms in total. The molecule has 0 spiro atoms. The Morgan fingerprint density at radius 1 is 1.00 bits per heavy atom. The van der Waals surface area contributed by atoms with E-state index in [-0.39, 0.29) is 60.1 Å². The van der Waals surface area contributed by atoms with Gasteiger partial charge in [-0.25, -0.2) is 8.88 Å². The van der Waals surface area contributed by atoms with Gasteiger partial charge in [0.2, 0.25) is 0 Å². The quantitative estimate of drug-likeness (QED) is 0.449. The third-order valence-corrected chi connectivity index (χ3v) is 4.09. The summed E-state index contributed by atoms with van der Waals surface area (Å²) < 4.78 is 23.3. The summed E-state index contributed by atoms with van der Waals surface area (Å²) in [6, 6.07) is -0.160. The summed E-state index contributed by atoms with van der Waals surface area (Å²) in [4.78, 5) is 24.0. The molecule has 0 aliphatic heterocycles. The van der Waals surface area contributed by atoms with Crippen molar-refractivity contribution in [3.63, 3.8) is 0 Å². The summed E-state index contributed by atoms with van der Waals surface area (Å²) in [6.07, 6.45) is 4.25. The van der Waals surface area contributed by atoms with Crippen molar-refractivity contribution in [3.8, 4) is 0 Å². The Morgan fingerprint density at radius 3 is 1.40 bits per heavy atom. The first kappa shape index (κ1) is 29.6. The summed E-state index contributed by atoms with van der Waals surface area (Å²) >= 11 is 0. The predicted molar refractivity (Wildman–Crippen MR) is 84.3 cm³/mol. The van der Waals surface area contributed by atoms with Crippen LogP contribution in [0.25, 0.3) is 11.5 Å². The first-order valence-corrected chi connectivity index (χ1v) is 8.56. The van der Waals surface area contributed by atoms with E-state index >= 15 is 0 Å². The Balaban J connectivity index is -0.000000112. The van der Waals surface area contributed by atoms with Crippen LogP contribution in [0.4, 0.5) is 0 Å². The fourth-order valence-corrected chi connectivity index (χ4v) is 2.91. The van der Waals surface area contributed by atoms with Gasteiger partial charge in [0, 0.05) is 6.66 Å². The molecule has 1 rings (SSSR count). The smallest absolute Gasteiger partial charge is 0.676 e. The molecule has 1 saturated carbocycles. The van der Waals surface area contributed by atoms with Gasteiger partial charge in [0.15, 0.2) is 0 Å². The number of hydrogen-bond donors (Lipinski definition) is 3. The van der Waals surface area contributed by atoms with Gasteiger partial charge in [0.05, 0.1) is 0 Å². The average molecular weight is 551 g/mol. The van der Waals surface area contributed by atoms with E-state index in [1.54, 1.807) is 0 Å². The van der Waals surface area contributed by atoms with E-state index in [2.05, 4.69) is 4.31 Å². The topological polar surface area (TPSA) is 152 Å². The monoisotopic (exact) mass is 551 g/mol. The van der Waals surface area contributed by atoms with E-state index in [0.717, 1.165) is 12.8 Å². The Kier molecular flexibility index (Phi) is 19.4. The maximum Gasteiger partial charge on any atom is 2.00 e. The van der Waals surface area contributed by atoms with Crippen LogP contribution in [0.3, 0.4) is 0 Å². The minimum atomic E-state index is -4.80. The van der Waals surface area contributed by atoms with Gasteiger partial charge in [-0.1, -0.05) is 25.7 Å². The van der Waals surface area contributed by atoms with Crippen LogP contribution in [0, 0.1) is 0 Å². The molecule has 128 valence electrons. The molecule has 1 unspecified atom stereocenters. The molecule has 13 heteroatoms. The van der Waals surface area contributed by atoms with Crippen LogP contribution in [0.2, 0.25) is 0 Å². The van der Waals surface area contributed by atoms with Gasteiger partial charge in [-0.2, -0.15) is 39.1 Å². The van der Waals surface area contributed by atoms with Crippen LogP contribution in [0.1, 0.15) is 25.7 Å². The van der Waals surface area contributed by atoms with Crippen LogP contribution >= 0.6 is 42.4 Å². The Bertz CT molecular complexity index is 298. The molecule has 0 aromatic heterocycles. The molecule has 0 radical (unpaired) electrons. The van der Waals surface area contributed by atoms with E-state index in [4.69, 9.17) is 26.1 Å². The zero-order chi connectivity index (χ0) is 13.7. The van der Waals surface area contributed by atoms with Gasteiger partial charge in [-0.15, -0.1) is 0 Å². The Hall–Kier alpha value is 1.61. The SMILES string of the molecule is CP(=O)(O)OP(=O)(O)O.S.S.[NH-][C@@H]1CCCC[C@H]1[NH-].[Pt+2]. The zero-order valence-electron chi connectivity index (χ0n) is 10.8. The molecule has 20 heavy (non-hydrogen) atoms. The number of hydrogen-bond acceptors (Lipinski definition) is 3. The van der Waals surface area contributed by atoms with E-state index in [1.165, 1.54) is 12.8 Å². The molecular formula is C7H22N2O6P2PtS2. The Morgan fingerprint density at radius 2 is 1.30 bits per heavy atom. The van der Waals surface area contributed by atoms with Gasteiger partial charge in [-0.05, 0) is 0 Å². The van der Waals surface area contributed by atoms with Crippen molar-refractivity contribution in [2.45, 2.75) is 37.8 Å². The molecule has 1 aliphatic carbocycles. The summed E-state index contributed by atoms with van der Waals surface area (Å²) in [7, 11) is -8.85. The van der Waals surface area contributed by atoms with E-state index < -0.39 is 15.4 Å². The molecule has 0 saturated heterocycles. The third kappa shape index (κ3) is 19.6. The molecule has 0 aromatic rings. The number of nitrogens with one attached hydrogen (secondary N) is 2. The molecule has 1 aliphatic rings. The van der Waals surface area contributed by atoms with Crippen LogP contribution < -0.4 is 0 Å². The van der Waals surface area contributed by atoms with Crippen molar-refractivity contribution in [2.75, 3.05) is 6.66 Å². The van der Waals surface area contributed by atoms with Crippen molar-refractivity contribution >= 4 is 42.4 Å². The zero-order valence-corrected chi connectivity index (χ0v) is 16.8. The van der Waals surface area contributed by atoms with Gasteiger partial charge < -0.3 is 26.1 Å². The second-order valence-corrected chi connectivity index (χ2v) is 7.11. The molecule has 5 N–H and O–H groups in total. The van der Waals surface area contributed by atoms with Crippen LogP contribution in [-0.2, 0) is 34.5 Å². The normalized spacial score (nSPS) is 24.5. The largest absolute Gasteiger partial charge is 2.00 e. The predicted octanol–water partition coefficient (Wildman–Crippen LogP) is 2.54. The molecule has 0 bridgehead atoms. The molecule has 3 atom stereocenters. The van der Waals surface area contributed by atoms with Crippen LogP contribution in [0.5, 0.6) is 0 Å². The van der Waals surface area contributed by atoms with E-state index in [9.17, 15) is 9.13 Å².